The van der Waals surface area contributed by atoms with Crippen molar-refractivity contribution in [1.82, 2.24) is 10.3 Å². The van der Waals surface area contributed by atoms with Gasteiger partial charge in [0.1, 0.15) is 6.26 Å². The van der Waals surface area contributed by atoms with Crippen molar-refractivity contribution in [1.29, 1.82) is 0 Å². The molecule has 92 valence electrons. The summed E-state index contributed by atoms with van der Waals surface area (Å²) in [6, 6.07) is 5.13. The molecule has 0 saturated heterocycles. The van der Waals surface area contributed by atoms with E-state index in [1.54, 1.807) is 17.6 Å². The second kappa shape index (κ2) is 5.33. The van der Waals surface area contributed by atoms with Crippen molar-refractivity contribution in [2.24, 2.45) is 0 Å². The van der Waals surface area contributed by atoms with E-state index in [0.29, 0.717) is 6.01 Å². The first-order chi connectivity index (χ1) is 8.22. The normalized spacial score (nSPS) is 12.6. The average Bonchev–Trinajstić information content (AvgIpc) is 2.98. The van der Waals surface area contributed by atoms with Gasteiger partial charge in [0.2, 0.25) is 0 Å². The van der Waals surface area contributed by atoms with Crippen LogP contribution in [0, 0.1) is 0 Å². The predicted octanol–water partition coefficient (Wildman–Crippen LogP) is 2.65. The summed E-state index contributed by atoms with van der Waals surface area (Å²) >= 11 is 1.75. The number of thiophene rings is 1. The molecule has 0 saturated carbocycles. The van der Waals surface area contributed by atoms with Gasteiger partial charge in [0.15, 0.2) is 0 Å². The van der Waals surface area contributed by atoms with Crippen LogP contribution < -0.4 is 10.2 Å². The summed E-state index contributed by atoms with van der Waals surface area (Å²) in [5, 5.41) is 5.14. The predicted molar refractivity (Wildman–Crippen MR) is 70.4 cm³/mol. The fourth-order valence-electron chi connectivity index (χ4n) is 1.61. The van der Waals surface area contributed by atoms with E-state index in [1.165, 1.54) is 4.88 Å². The highest BCUT2D eigenvalue weighted by Crippen LogP contribution is 2.27. The van der Waals surface area contributed by atoms with Gasteiger partial charge in [-0.25, -0.2) is 0 Å². The Hall–Kier alpha value is -1.33. The van der Waals surface area contributed by atoms with Gasteiger partial charge in [0.05, 0.1) is 11.7 Å². The maximum absolute atomic E-state index is 5.48. The Kier molecular flexibility index (Phi) is 3.81. The monoisotopic (exact) mass is 251 g/mol. The Bertz CT molecular complexity index is 452. The molecule has 0 fully saturated rings. The van der Waals surface area contributed by atoms with E-state index >= 15 is 0 Å². The van der Waals surface area contributed by atoms with Gasteiger partial charge >= 0.3 is 0 Å². The molecule has 2 aromatic rings. The van der Waals surface area contributed by atoms with Crippen LogP contribution in [0.3, 0.4) is 0 Å². The number of rotatable bonds is 5. The third-order valence-corrected chi connectivity index (χ3v) is 3.78. The van der Waals surface area contributed by atoms with Crippen LogP contribution in [-0.2, 0) is 6.54 Å². The third kappa shape index (κ3) is 2.68. The van der Waals surface area contributed by atoms with E-state index in [2.05, 4.69) is 34.7 Å². The van der Waals surface area contributed by atoms with E-state index in [0.717, 1.165) is 12.2 Å². The second-order valence-electron chi connectivity index (χ2n) is 3.95. The molecule has 0 aromatic carbocycles. The molecule has 0 radical (unpaired) electrons. The summed E-state index contributed by atoms with van der Waals surface area (Å²) in [5.41, 5.74) is 0.924. The van der Waals surface area contributed by atoms with Crippen molar-refractivity contribution in [2.75, 3.05) is 19.0 Å². The van der Waals surface area contributed by atoms with Gasteiger partial charge in [0.25, 0.3) is 6.01 Å². The highest BCUT2D eigenvalue weighted by molar-refractivity contribution is 7.10. The molecule has 1 atom stereocenters. The fourth-order valence-corrected chi connectivity index (χ4v) is 2.43. The maximum Gasteiger partial charge on any atom is 0.297 e. The van der Waals surface area contributed by atoms with Gasteiger partial charge in [0, 0.05) is 18.5 Å². The Morgan fingerprint density at radius 2 is 2.41 bits per heavy atom. The largest absolute Gasteiger partial charge is 0.432 e. The van der Waals surface area contributed by atoms with Crippen LogP contribution >= 0.6 is 11.3 Å². The first-order valence-electron chi connectivity index (χ1n) is 5.57. The standard InChI is InChI=1S/C12H17N3OS/c1-9(11-5-4-6-17-11)15(3)12-14-10(7-13-2)8-16-12/h4-6,8-9,13H,7H2,1-3H3. The first-order valence-corrected chi connectivity index (χ1v) is 6.45. The molecule has 0 aliphatic heterocycles. The van der Waals surface area contributed by atoms with Crippen LogP contribution in [0.1, 0.15) is 23.5 Å². The summed E-state index contributed by atoms with van der Waals surface area (Å²) in [4.78, 5) is 7.79. The van der Waals surface area contributed by atoms with Crippen LogP contribution in [0.5, 0.6) is 0 Å². The first kappa shape index (κ1) is 12.1. The minimum absolute atomic E-state index is 0.274. The summed E-state index contributed by atoms with van der Waals surface area (Å²) < 4.78 is 5.48. The molecule has 2 aromatic heterocycles. The quantitative estimate of drug-likeness (QED) is 0.887. The molecule has 2 heterocycles. The summed E-state index contributed by atoms with van der Waals surface area (Å²) in [7, 11) is 3.89. The lowest BCUT2D eigenvalue weighted by Gasteiger charge is -2.21. The number of oxazole rings is 1. The average molecular weight is 251 g/mol. The Morgan fingerprint density at radius 1 is 1.59 bits per heavy atom. The molecule has 0 amide bonds. The lowest BCUT2D eigenvalue weighted by molar-refractivity contribution is 0.527. The Labute approximate surface area is 105 Å². The molecule has 5 heteroatoms. The SMILES string of the molecule is CNCc1coc(N(C)C(C)c2cccs2)n1. The zero-order valence-corrected chi connectivity index (χ0v) is 11.1. The van der Waals surface area contributed by atoms with Crippen LogP contribution in [0.2, 0.25) is 0 Å². The van der Waals surface area contributed by atoms with Gasteiger partial charge in [-0.1, -0.05) is 6.07 Å². The minimum Gasteiger partial charge on any atom is -0.432 e. The molecule has 1 N–H and O–H groups in total. The van der Waals surface area contributed by atoms with Crippen LogP contribution in [0.15, 0.2) is 28.2 Å². The molecular formula is C12H17N3OS. The van der Waals surface area contributed by atoms with E-state index in [1.807, 2.05) is 19.0 Å². The van der Waals surface area contributed by atoms with Crippen molar-refractivity contribution in [3.63, 3.8) is 0 Å². The maximum atomic E-state index is 5.48. The zero-order valence-electron chi connectivity index (χ0n) is 10.3. The molecule has 0 aliphatic carbocycles. The zero-order chi connectivity index (χ0) is 12.3. The van der Waals surface area contributed by atoms with Gasteiger partial charge < -0.3 is 14.6 Å². The van der Waals surface area contributed by atoms with Crippen molar-refractivity contribution >= 4 is 17.4 Å². The minimum atomic E-state index is 0.274. The number of aromatic nitrogens is 1. The molecule has 0 spiro atoms. The second-order valence-corrected chi connectivity index (χ2v) is 4.93. The molecule has 0 aliphatic rings. The molecule has 0 bridgehead atoms. The van der Waals surface area contributed by atoms with E-state index in [4.69, 9.17) is 4.42 Å². The smallest absolute Gasteiger partial charge is 0.297 e. The van der Waals surface area contributed by atoms with Crippen LogP contribution in [0.4, 0.5) is 6.01 Å². The number of anilines is 1. The number of hydrogen-bond donors (Lipinski definition) is 1. The Balaban J connectivity index is 2.10. The van der Waals surface area contributed by atoms with Crippen LogP contribution in [0.25, 0.3) is 0 Å². The van der Waals surface area contributed by atoms with Crippen molar-refractivity contribution < 1.29 is 4.42 Å². The van der Waals surface area contributed by atoms with Gasteiger partial charge in [-0.3, -0.25) is 0 Å². The highest BCUT2D eigenvalue weighted by Gasteiger charge is 2.17. The Morgan fingerprint density at radius 3 is 3.06 bits per heavy atom. The number of nitrogens with one attached hydrogen (secondary N) is 1. The van der Waals surface area contributed by atoms with Crippen molar-refractivity contribution in [3.05, 3.63) is 34.3 Å². The summed E-state index contributed by atoms with van der Waals surface area (Å²) in [6.45, 7) is 2.87. The summed E-state index contributed by atoms with van der Waals surface area (Å²) in [5.74, 6) is 0. The van der Waals surface area contributed by atoms with E-state index in [-0.39, 0.29) is 6.04 Å². The molecular weight excluding hydrogens is 234 g/mol. The molecule has 4 nitrogen and oxygen atoms in total. The van der Waals surface area contributed by atoms with Crippen LogP contribution in [-0.4, -0.2) is 19.1 Å². The molecule has 17 heavy (non-hydrogen) atoms. The molecule has 1 unspecified atom stereocenters. The van der Waals surface area contributed by atoms with Gasteiger partial charge in [-0.2, -0.15) is 4.98 Å². The number of hydrogen-bond acceptors (Lipinski definition) is 5. The topological polar surface area (TPSA) is 41.3 Å². The van der Waals surface area contributed by atoms with E-state index in [9.17, 15) is 0 Å². The van der Waals surface area contributed by atoms with Gasteiger partial charge in [-0.05, 0) is 25.4 Å². The number of nitrogens with zero attached hydrogens (tertiary/aromatic N) is 2. The summed E-state index contributed by atoms with van der Waals surface area (Å²) in [6.07, 6.45) is 1.70. The third-order valence-electron chi connectivity index (χ3n) is 2.74. The van der Waals surface area contributed by atoms with Crippen molar-refractivity contribution in [2.45, 2.75) is 19.5 Å². The van der Waals surface area contributed by atoms with Crippen molar-refractivity contribution in [3.8, 4) is 0 Å². The fraction of sp³-hybridized carbons (Fsp3) is 0.417. The molecule has 2 rings (SSSR count). The van der Waals surface area contributed by atoms with Gasteiger partial charge in [-0.15, -0.1) is 11.3 Å². The lowest BCUT2D eigenvalue weighted by atomic mass is 10.2. The van der Waals surface area contributed by atoms with E-state index < -0.39 is 0 Å². The lowest BCUT2D eigenvalue weighted by Crippen LogP contribution is -2.21. The highest BCUT2D eigenvalue weighted by atomic mass is 32.1.